The fourth-order valence-electron chi connectivity index (χ4n) is 2.80. The van der Waals surface area contributed by atoms with Crippen molar-refractivity contribution in [1.29, 1.82) is 0 Å². The molecule has 0 spiro atoms. The molecule has 0 radical (unpaired) electrons. The second-order valence-electron chi connectivity index (χ2n) is 5.44. The maximum absolute atomic E-state index is 12.6. The quantitative estimate of drug-likeness (QED) is 0.853. The Morgan fingerprint density at radius 3 is 2.90 bits per heavy atom. The lowest BCUT2D eigenvalue weighted by Gasteiger charge is -2.23. The summed E-state index contributed by atoms with van der Waals surface area (Å²) in [6.07, 6.45) is 2.89. The summed E-state index contributed by atoms with van der Waals surface area (Å²) in [5.41, 5.74) is 8.19. The minimum atomic E-state index is -3.55. The van der Waals surface area contributed by atoms with Crippen LogP contribution in [0.5, 0.6) is 0 Å². The smallest absolute Gasteiger partial charge is 0.241 e. The molecule has 2 aromatic rings. The first-order chi connectivity index (χ1) is 9.95. The van der Waals surface area contributed by atoms with E-state index in [9.17, 15) is 8.42 Å². The van der Waals surface area contributed by atoms with E-state index in [0.717, 1.165) is 30.4 Å². The number of benzene rings is 1. The zero-order valence-electron chi connectivity index (χ0n) is 11.8. The van der Waals surface area contributed by atoms with Crippen LogP contribution < -0.4 is 10.5 Å². The molecule has 0 saturated heterocycles. The first kappa shape index (κ1) is 14.6. The van der Waals surface area contributed by atoms with Gasteiger partial charge in [0.2, 0.25) is 10.0 Å². The van der Waals surface area contributed by atoms with Gasteiger partial charge >= 0.3 is 0 Å². The van der Waals surface area contributed by atoms with Gasteiger partial charge in [-0.3, -0.25) is 0 Å². The molecule has 0 amide bonds. The van der Waals surface area contributed by atoms with Crippen LogP contribution in [0.15, 0.2) is 34.5 Å². The van der Waals surface area contributed by atoms with Gasteiger partial charge in [-0.15, -0.1) is 11.3 Å². The SMILES string of the molecule is Cc1cc(N)cc(S(=O)(=O)NC2CCCc3sccc32)c1. The van der Waals surface area contributed by atoms with Crippen LogP contribution in [0.2, 0.25) is 0 Å². The Hall–Kier alpha value is -1.37. The Morgan fingerprint density at radius 2 is 2.14 bits per heavy atom. The zero-order valence-corrected chi connectivity index (χ0v) is 13.4. The van der Waals surface area contributed by atoms with Gasteiger partial charge in [0.15, 0.2) is 0 Å². The fraction of sp³-hybridized carbons (Fsp3) is 0.333. The first-order valence-electron chi connectivity index (χ1n) is 6.91. The molecule has 0 saturated carbocycles. The van der Waals surface area contributed by atoms with Crippen LogP contribution in [0, 0.1) is 6.92 Å². The number of thiophene rings is 1. The summed E-state index contributed by atoms with van der Waals surface area (Å²) in [6.45, 7) is 1.84. The molecule has 0 bridgehead atoms. The van der Waals surface area contributed by atoms with Gasteiger partial charge in [0, 0.05) is 16.6 Å². The van der Waals surface area contributed by atoms with Crippen LogP contribution in [-0.4, -0.2) is 8.42 Å². The van der Waals surface area contributed by atoms with Crippen LogP contribution in [0.3, 0.4) is 0 Å². The number of nitrogen functional groups attached to an aromatic ring is 1. The molecule has 1 aromatic heterocycles. The van der Waals surface area contributed by atoms with Crippen molar-refractivity contribution in [1.82, 2.24) is 4.72 Å². The Bertz CT molecular complexity index is 745. The van der Waals surface area contributed by atoms with Gasteiger partial charge in [0.25, 0.3) is 0 Å². The maximum Gasteiger partial charge on any atom is 0.241 e. The third-order valence-electron chi connectivity index (χ3n) is 3.73. The minimum Gasteiger partial charge on any atom is -0.399 e. The highest BCUT2D eigenvalue weighted by molar-refractivity contribution is 7.89. The molecule has 3 N–H and O–H groups in total. The molecule has 1 heterocycles. The predicted octanol–water partition coefficient (Wildman–Crippen LogP) is 2.99. The number of hydrogen-bond acceptors (Lipinski definition) is 4. The van der Waals surface area contributed by atoms with E-state index in [1.165, 1.54) is 10.9 Å². The van der Waals surface area contributed by atoms with Gasteiger partial charge in [0.1, 0.15) is 0 Å². The highest BCUT2D eigenvalue weighted by Gasteiger charge is 2.26. The standard InChI is InChI=1S/C15H18N2O2S2/c1-10-7-11(16)9-12(8-10)21(18,19)17-14-3-2-4-15-13(14)5-6-20-15/h5-9,14,17H,2-4,16H2,1H3. The minimum absolute atomic E-state index is 0.133. The Kier molecular flexibility index (Phi) is 3.77. The van der Waals surface area contributed by atoms with Crippen molar-refractivity contribution in [2.75, 3.05) is 5.73 Å². The molecule has 1 atom stereocenters. The topological polar surface area (TPSA) is 72.2 Å². The molecule has 1 aliphatic rings. The van der Waals surface area contributed by atoms with E-state index in [4.69, 9.17) is 5.73 Å². The molecule has 0 fully saturated rings. The second-order valence-corrected chi connectivity index (χ2v) is 8.16. The Morgan fingerprint density at radius 1 is 1.33 bits per heavy atom. The second kappa shape index (κ2) is 5.44. The predicted molar refractivity (Wildman–Crippen MR) is 85.9 cm³/mol. The van der Waals surface area contributed by atoms with Gasteiger partial charge in [-0.05, 0) is 67.0 Å². The van der Waals surface area contributed by atoms with Gasteiger partial charge in [-0.2, -0.15) is 0 Å². The molecule has 112 valence electrons. The largest absolute Gasteiger partial charge is 0.399 e. The number of sulfonamides is 1. The summed E-state index contributed by atoms with van der Waals surface area (Å²) in [6, 6.07) is 6.81. The highest BCUT2D eigenvalue weighted by atomic mass is 32.2. The van der Waals surface area contributed by atoms with E-state index in [-0.39, 0.29) is 10.9 Å². The highest BCUT2D eigenvalue weighted by Crippen LogP contribution is 2.34. The van der Waals surface area contributed by atoms with Crippen molar-refractivity contribution in [3.05, 3.63) is 45.6 Å². The summed E-state index contributed by atoms with van der Waals surface area (Å²) in [5.74, 6) is 0. The molecular weight excluding hydrogens is 304 g/mol. The molecule has 1 aliphatic carbocycles. The van der Waals surface area contributed by atoms with Crippen LogP contribution in [0.1, 0.15) is 34.9 Å². The van der Waals surface area contributed by atoms with Crippen molar-refractivity contribution in [2.24, 2.45) is 0 Å². The number of aryl methyl sites for hydroxylation is 2. The van der Waals surface area contributed by atoms with E-state index < -0.39 is 10.0 Å². The summed E-state index contributed by atoms with van der Waals surface area (Å²) in [4.78, 5) is 1.53. The molecule has 21 heavy (non-hydrogen) atoms. The average Bonchev–Trinajstić information content (AvgIpc) is 2.86. The van der Waals surface area contributed by atoms with Crippen LogP contribution in [0.25, 0.3) is 0 Å². The molecule has 1 aromatic carbocycles. The molecule has 0 aliphatic heterocycles. The summed E-state index contributed by atoms with van der Waals surface area (Å²) < 4.78 is 28.0. The lowest BCUT2D eigenvalue weighted by molar-refractivity contribution is 0.511. The summed E-state index contributed by atoms with van der Waals surface area (Å²) >= 11 is 1.70. The van der Waals surface area contributed by atoms with Crippen molar-refractivity contribution in [3.63, 3.8) is 0 Å². The zero-order chi connectivity index (χ0) is 15.0. The lowest BCUT2D eigenvalue weighted by atomic mass is 9.95. The molecule has 6 heteroatoms. The fourth-order valence-corrected chi connectivity index (χ4v) is 5.17. The number of nitrogens with one attached hydrogen (secondary N) is 1. The summed E-state index contributed by atoms with van der Waals surface area (Å²) in [7, 11) is -3.55. The number of hydrogen-bond donors (Lipinski definition) is 2. The van der Waals surface area contributed by atoms with Crippen molar-refractivity contribution >= 4 is 27.0 Å². The van der Waals surface area contributed by atoms with Crippen LogP contribution in [-0.2, 0) is 16.4 Å². The van der Waals surface area contributed by atoms with Gasteiger partial charge < -0.3 is 5.73 Å². The normalized spacial score (nSPS) is 18.4. The van der Waals surface area contributed by atoms with E-state index >= 15 is 0 Å². The van der Waals surface area contributed by atoms with Gasteiger partial charge in [-0.1, -0.05) is 0 Å². The van der Waals surface area contributed by atoms with E-state index in [1.54, 1.807) is 23.5 Å². The number of anilines is 1. The number of fused-ring (bicyclic) bond motifs is 1. The van der Waals surface area contributed by atoms with Crippen molar-refractivity contribution in [2.45, 2.75) is 37.1 Å². The number of nitrogens with two attached hydrogens (primary N) is 1. The molecular formula is C15H18N2O2S2. The molecule has 3 rings (SSSR count). The molecule has 1 unspecified atom stereocenters. The average molecular weight is 322 g/mol. The van der Waals surface area contributed by atoms with Gasteiger partial charge in [-0.25, -0.2) is 13.1 Å². The Balaban J connectivity index is 1.91. The van der Waals surface area contributed by atoms with Gasteiger partial charge in [0.05, 0.1) is 4.90 Å². The summed E-state index contributed by atoms with van der Waals surface area (Å²) in [5, 5.41) is 2.03. The lowest BCUT2D eigenvalue weighted by Crippen LogP contribution is -2.30. The van der Waals surface area contributed by atoms with Crippen LogP contribution >= 0.6 is 11.3 Å². The maximum atomic E-state index is 12.6. The van der Waals surface area contributed by atoms with E-state index in [2.05, 4.69) is 4.72 Å². The first-order valence-corrected chi connectivity index (χ1v) is 9.28. The van der Waals surface area contributed by atoms with E-state index in [1.807, 2.05) is 18.4 Å². The van der Waals surface area contributed by atoms with Crippen molar-refractivity contribution in [3.8, 4) is 0 Å². The third-order valence-corrected chi connectivity index (χ3v) is 6.18. The third kappa shape index (κ3) is 2.97. The van der Waals surface area contributed by atoms with Crippen LogP contribution in [0.4, 0.5) is 5.69 Å². The number of rotatable bonds is 3. The monoisotopic (exact) mass is 322 g/mol. The van der Waals surface area contributed by atoms with E-state index in [0.29, 0.717) is 5.69 Å². The molecule has 4 nitrogen and oxygen atoms in total. The van der Waals surface area contributed by atoms with Crippen molar-refractivity contribution < 1.29 is 8.42 Å². The Labute approximate surface area is 129 Å².